The lowest BCUT2D eigenvalue weighted by atomic mass is 9.90. The Morgan fingerprint density at radius 2 is 2.06 bits per heavy atom. The first-order valence-corrected chi connectivity index (χ1v) is 7.56. The number of ether oxygens (including phenoxy) is 1. The standard InChI is InChI=1S/C15H21BrO2/c1-11(17)14-8-7-13(16)9-15(14)18-10-12-5-3-2-4-6-12/h7-9,11-12,17H,2-6,10H2,1H3/t11-/m1/s1. The minimum Gasteiger partial charge on any atom is -0.493 e. The summed E-state index contributed by atoms with van der Waals surface area (Å²) in [7, 11) is 0. The summed E-state index contributed by atoms with van der Waals surface area (Å²) in [6, 6.07) is 5.81. The normalized spacial score (nSPS) is 18.6. The van der Waals surface area contributed by atoms with Crippen molar-refractivity contribution in [3.8, 4) is 5.75 Å². The van der Waals surface area contributed by atoms with Gasteiger partial charge in [-0.05, 0) is 37.8 Å². The molecular weight excluding hydrogens is 292 g/mol. The van der Waals surface area contributed by atoms with E-state index in [1.807, 2.05) is 18.2 Å². The van der Waals surface area contributed by atoms with Crippen molar-refractivity contribution in [1.82, 2.24) is 0 Å². The van der Waals surface area contributed by atoms with E-state index >= 15 is 0 Å². The first-order valence-electron chi connectivity index (χ1n) is 6.77. The van der Waals surface area contributed by atoms with Crippen LogP contribution in [0.5, 0.6) is 5.75 Å². The number of hydrogen-bond acceptors (Lipinski definition) is 2. The Bertz CT molecular complexity index is 384. The van der Waals surface area contributed by atoms with Crippen molar-refractivity contribution < 1.29 is 9.84 Å². The van der Waals surface area contributed by atoms with Gasteiger partial charge in [-0.3, -0.25) is 0 Å². The number of halogens is 1. The van der Waals surface area contributed by atoms with Crippen molar-refractivity contribution in [2.45, 2.75) is 45.1 Å². The highest BCUT2D eigenvalue weighted by atomic mass is 79.9. The molecule has 1 aliphatic carbocycles. The summed E-state index contributed by atoms with van der Waals surface area (Å²) in [6.45, 7) is 2.55. The van der Waals surface area contributed by atoms with Crippen LogP contribution in [0.2, 0.25) is 0 Å². The van der Waals surface area contributed by atoms with Crippen LogP contribution in [0.15, 0.2) is 22.7 Å². The van der Waals surface area contributed by atoms with E-state index in [-0.39, 0.29) is 0 Å². The molecule has 1 aliphatic rings. The molecule has 0 aromatic heterocycles. The van der Waals surface area contributed by atoms with Gasteiger partial charge in [0.05, 0.1) is 12.7 Å². The SMILES string of the molecule is C[C@@H](O)c1ccc(Br)cc1OCC1CCCCC1. The van der Waals surface area contributed by atoms with Crippen LogP contribution >= 0.6 is 15.9 Å². The van der Waals surface area contributed by atoms with Crippen molar-refractivity contribution in [3.63, 3.8) is 0 Å². The van der Waals surface area contributed by atoms with E-state index in [2.05, 4.69) is 15.9 Å². The average molecular weight is 313 g/mol. The Balaban J connectivity index is 2.00. The first kappa shape index (κ1) is 13.9. The van der Waals surface area contributed by atoms with Gasteiger partial charge in [-0.1, -0.05) is 41.3 Å². The minimum absolute atomic E-state index is 0.487. The molecule has 1 fully saturated rings. The van der Waals surface area contributed by atoms with Crippen LogP contribution in [0.4, 0.5) is 0 Å². The maximum absolute atomic E-state index is 9.74. The van der Waals surface area contributed by atoms with Crippen LogP contribution in [0, 0.1) is 5.92 Å². The zero-order valence-electron chi connectivity index (χ0n) is 10.9. The van der Waals surface area contributed by atoms with Crippen LogP contribution in [0.1, 0.15) is 50.7 Å². The highest BCUT2D eigenvalue weighted by molar-refractivity contribution is 9.10. The fourth-order valence-corrected chi connectivity index (χ4v) is 2.88. The molecule has 1 aromatic rings. The molecule has 3 heteroatoms. The van der Waals surface area contributed by atoms with Gasteiger partial charge in [0.25, 0.3) is 0 Å². The van der Waals surface area contributed by atoms with Gasteiger partial charge in [0.15, 0.2) is 0 Å². The molecule has 0 radical (unpaired) electrons. The Labute approximate surface area is 117 Å². The maximum atomic E-state index is 9.74. The molecule has 1 atom stereocenters. The Kier molecular flexibility index (Phi) is 5.07. The summed E-state index contributed by atoms with van der Waals surface area (Å²) in [5.74, 6) is 1.49. The topological polar surface area (TPSA) is 29.5 Å². The number of rotatable bonds is 4. The lowest BCUT2D eigenvalue weighted by Crippen LogP contribution is -2.16. The maximum Gasteiger partial charge on any atom is 0.126 e. The van der Waals surface area contributed by atoms with Gasteiger partial charge in [0, 0.05) is 10.0 Å². The second-order valence-electron chi connectivity index (χ2n) is 5.17. The fraction of sp³-hybridized carbons (Fsp3) is 0.600. The fourth-order valence-electron chi connectivity index (χ4n) is 2.54. The number of aliphatic hydroxyl groups excluding tert-OH is 1. The summed E-state index contributed by atoms with van der Waals surface area (Å²) < 4.78 is 6.92. The third-order valence-corrected chi connectivity index (χ3v) is 4.12. The van der Waals surface area contributed by atoms with Gasteiger partial charge in [0.1, 0.15) is 5.75 Å². The summed E-state index contributed by atoms with van der Waals surface area (Å²) in [4.78, 5) is 0. The lowest BCUT2D eigenvalue weighted by Gasteiger charge is -2.23. The molecule has 0 amide bonds. The molecule has 0 unspecified atom stereocenters. The van der Waals surface area contributed by atoms with Crippen molar-refractivity contribution in [2.24, 2.45) is 5.92 Å². The van der Waals surface area contributed by atoms with E-state index in [1.165, 1.54) is 32.1 Å². The van der Waals surface area contributed by atoms with Gasteiger partial charge < -0.3 is 9.84 Å². The molecule has 0 bridgehead atoms. The van der Waals surface area contributed by atoms with Gasteiger partial charge in [0.2, 0.25) is 0 Å². The number of benzene rings is 1. The van der Waals surface area contributed by atoms with E-state index in [9.17, 15) is 5.11 Å². The van der Waals surface area contributed by atoms with Crippen molar-refractivity contribution >= 4 is 15.9 Å². The van der Waals surface area contributed by atoms with Gasteiger partial charge in [-0.15, -0.1) is 0 Å². The van der Waals surface area contributed by atoms with Crippen LogP contribution in [-0.4, -0.2) is 11.7 Å². The van der Waals surface area contributed by atoms with Gasteiger partial charge in [-0.25, -0.2) is 0 Å². The zero-order valence-corrected chi connectivity index (χ0v) is 12.4. The lowest BCUT2D eigenvalue weighted by molar-refractivity contribution is 0.177. The molecule has 0 aliphatic heterocycles. The predicted octanol–water partition coefficient (Wildman–Crippen LogP) is 4.46. The molecule has 0 saturated heterocycles. The summed E-state index contributed by atoms with van der Waals surface area (Å²) in [5, 5.41) is 9.74. The predicted molar refractivity (Wildman–Crippen MR) is 76.8 cm³/mol. The van der Waals surface area contributed by atoms with Crippen LogP contribution in [-0.2, 0) is 0 Å². The Hall–Kier alpha value is -0.540. The smallest absolute Gasteiger partial charge is 0.126 e. The van der Waals surface area contributed by atoms with E-state index in [4.69, 9.17) is 4.74 Å². The zero-order chi connectivity index (χ0) is 13.0. The monoisotopic (exact) mass is 312 g/mol. The van der Waals surface area contributed by atoms with Crippen LogP contribution in [0.25, 0.3) is 0 Å². The van der Waals surface area contributed by atoms with Crippen molar-refractivity contribution in [2.75, 3.05) is 6.61 Å². The molecular formula is C15H21BrO2. The highest BCUT2D eigenvalue weighted by Crippen LogP contribution is 2.30. The quantitative estimate of drug-likeness (QED) is 0.889. The van der Waals surface area contributed by atoms with Gasteiger partial charge in [-0.2, -0.15) is 0 Å². The minimum atomic E-state index is -0.487. The Morgan fingerprint density at radius 3 is 2.72 bits per heavy atom. The van der Waals surface area contributed by atoms with Crippen molar-refractivity contribution in [1.29, 1.82) is 0 Å². The molecule has 18 heavy (non-hydrogen) atoms. The molecule has 0 heterocycles. The average Bonchev–Trinajstić information content (AvgIpc) is 2.37. The van der Waals surface area contributed by atoms with Crippen LogP contribution < -0.4 is 4.74 Å². The second kappa shape index (κ2) is 6.58. The van der Waals surface area contributed by atoms with E-state index in [0.717, 1.165) is 22.4 Å². The molecule has 0 spiro atoms. The second-order valence-corrected chi connectivity index (χ2v) is 6.09. The van der Waals surface area contributed by atoms with E-state index < -0.39 is 6.10 Å². The van der Waals surface area contributed by atoms with E-state index in [1.54, 1.807) is 6.92 Å². The summed E-state index contributed by atoms with van der Waals surface area (Å²) in [6.07, 6.45) is 6.09. The third-order valence-electron chi connectivity index (χ3n) is 3.62. The molecule has 2 nitrogen and oxygen atoms in total. The molecule has 100 valence electrons. The third kappa shape index (κ3) is 3.72. The molecule has 1 saturated carbocycles. The largest absolute Gasteiger partial charge is 0.493 e. The molecule has 1 aromatic carbocycles. The number of aliphatic hydroxyl groups is 1. The summed E-state index contributed by atoms with van der Waals surface area (Å²) in [5.41, 5.74) is 0.869. The Morgan fingerprint density at radius 1 is 1.33 bits per heavy atom. The van der Waals surface area contributed by atoms with Crippen molar-refractivity contribution in [3.05, 3.63) is 28.2 Å². The number of hydrogen-bond donors (Lipinski definition) is 1. The van der Waals surface area contributed by atoms with Gasteiger partial charge >= 0.3 is 0 Å². The molecule has 2 rings (SSSR count). The first-order chi connectivity index (χ1) is 8.66. The van der Waals surface area contributed by atoms with Crippen LogP contribution in [0.3, 0.4) is 0 Å². The highest BCUT2D eigenvalue weighted by Gasteiger charge is 2.16. The van der Waals surface area contributed by atoms with E-state index in [0.29, 0.717) is 5.92 Å². The molecule has 1 N–H and O–H groups in total. The summed E-state index contributed by atoms with van der Waals surface area (Å²) >= 11 is 3.45.